The minimum atomic E-state index is -0.508. The van der Waals surface area contributed by atoms with Gasteiger partial charge in [0.2, 0.25) is 0 Å². The number of nitrogens with one attached hydrogen (secondary N) is 4. The van der Waals surface area contributed by atoms with Crippen LogP contribution in [0.3, 0.4) is 0 Å². The number of urea groups is 1. The minimum absolute atomic E-state index is 0.138. The van der Waals surface area contributed by atoms with Crippen LogP contribution < -0.4 is 20.9 Å². The summed E-state index contributed by atoms with van der Waals surface area (Å²) < 4.78 is 5.18. The van der Waals surface area contributed by atoms with Crippen molar-refractivity contribution < 1.29 is 19.1 Å². The normalized spacial score (nSPS) is 13.5. The molecule has 3 heterocycles. The molecule has 4 aromatic rings. The number of carbonyl (C=O) groups excluding carboxylic acids is 3. The summed E-state index contributed by atoms with van der Waals surface area (Å²) in [7, 11) is 1.47. The number of likely N-dealkylation sites (tertiary alicyclic amines) is 1. The van der Waals surface area contributed by atoms with Crippen LogP contribution in [0.5, 0.6) is 5.75 Å². The number of anilines is 1. The van der Waals surface area contributed by atoms with Crippen LogP contribution in [0.4, 0.5) is 10.6 Å². The molecule has 1 saturated heterocycles. The predicted octanol–water partition coefficient (Wildman–Crippen LogP) is 4.03. The summed E-state index contributed by atoms with van der Waals surface area (Å²) >= 11 is 1.40. The lowest BCUT2D eigenvalue weighted by molar-refractivity contribution is 0.0842. The summed E-state index contributed by atoms with van der Waals surface area (Å²) in [6.07, 6.45) is 1.45. The highest BCUT2D eigenvalue weighted by atomic mass is 32.1. The molecule has 1 aliphatic rings. The second-order valence-electron chi connectivity index (χ2n) is 8.90. The second kappa shape index (κ2) is 11.8. The van der Waals surface area contributed by atoms with E-state index in [0.717, 1.165) is 29.1 Å². The molecule has 0 spiro atoms. The molecule has 0 radical (unpaired) electrons. The highest BCUT2D eigenvalue weighted by Crippen LogP contribution is 2.30. The van der Waals surface area contributed by atoms with Gasteiger partial charge in [-0.1, -0.05) is 42.5 Å². The van der Waals surface area contributed by atoms with Crippen molar-refractivity contribution in [1.29, 1.82) is 0 Å². The number of rotatable bonds is 6. The molecule has 1 aliphatic heterocycles. The van der Waals surface area contributed by atoms with Gasteiger partial charge in [-0.05, 0) is 30.5 Å². The standard InChI is InChI=1S/C27H27N7O4S/c1-38-22-10-6-5-9-19(22)24(35)32-33-25(36)21-16-39-26(28-21)18-11-13-34(14-12-18)27(37)29-23-15-20(30-31-23)17-7-3-2-4-8-17/h2-10,15-16,18H,11-14H2,1H3,(H,32,35)(H,33,36)(H2,29,30,31,37). The molecule has 200 valence electrons. The number of aromatic nitrogens is 3. The maximum atomic E-state index is 12.8. The molecule has 0 atom stereocenters. The molecule has 1 fully saturated rings. The molecule has 4 N–H and O–H groups in total. The highest BCUT2D eigenvalue weighted by Gasteiger charge is 2.27. The molecule has 0 aliphatic carbocycles. The summed E-state index contributed by atoms with van der Waals surface area (Å²) in [6, 6.07) is 18.1. The van der Waals surface area contributed by atoms with E-state index in [1.807, 2.05) is 30.3 Å². The van der Waals surface area contributed by atoms with E-state index in [9.17, 15) is 14.4 Å². The van der Waals surface area contributed by atoms with Crippen molar-refractivity contribution in [3.05, 3.63) is 82.3 Å². The maximum absolute atomic E-state index is 12.8. The number of hydrazine groups is 1. The van der Waals surface area contributed by atoms with E-state index in [1.54, 1.807) is 40.6 Å². The Bertz CT molecular complexity index is 1460. The Morgan fingerprint density at radius 3 is 2.49 bits per heavy atom. The number of H-pyrrole nitrogens is 1. The predicted molar refractivity (Wildman–Crippen MR) is 147 cm³/mol. The first kappa shape index (κ1) is 25.9. The van der Waals surface area contributed by atoms with Gasteiger partial charge >= 0.3 is 6.03 Å². The fourth-order valence-electron chi connectivity index (χ4n) is 4.33. The highest BCUT2D eigenvalue weighted by molar-refractivity contribution is 7.09. The fourth-order valence-corrected chi connectivity index (χ4v) is 5.30. The maximum Gasteiger partial charge on any atom is 0.323 e. The van der Waals surface area contributed by atoms with Gasteiger partial charge in [-0.2, -0.15) is 5.10 Å². The van der Waals surface area contributed by atoms with Crippen LogP contribution in [0.15, 0.2) is 66.0 Å². The summed E-state index contributed by atoms with van der Waals surface area (Å²) in [5.74, 6) is 0.00849. The van der Waals surface area contributed by atoms with Gasteiger partial charge in [0.15, 0.2) is 5.82 Å². The smallest absolute Gasteiger partial charge is 0.323 e. The number of aromatic amines is 1. The average molecular weight is 546 g/mol. The van der Waals surface area contributed by atoms with Crippen molar-refractivity contribution in [2.75, 3.05) is 25.5 Å². The third kappa shape index (κ3) is 6.07. The number of thiazole rings is 1. The van der Waals surface area contributed by atoms with Crippen molar-refractivity contribution in [2.24, 2.45) is 0 Å². The van der Waals surface area contributed by atoms with Crippen LogP contribution in [-0.4, -0.2) is 58.1 Å². The average Bonchev–Trinajstić information content (AvgIpc) is 3.67. The Balaban J connectivity index is 1.10. The van der Waals surface area contributed by atoms with Crippen LogP contribution >= 0.6 is 11.3 Å². The molecule has 0 saturated carbocycles. The van der Waals surface area contributed by atoms with Crippen LogP contribution in [0.2, 0.25) is 0 Å². The van der Waals surface area contributed by atoms with Gasteiger partial charge in [-0.3, -0.25) is 30.9 Å². The lowest BCUT2D eigenvalue weighted by atomic mass is 9.98. The van der Waals surface area contributed by atoms with Crippen LogP contribution in [0.25, 0.3) is 11.3 Å². The monoisotopic (exact) mass is 545 g/mol. The molecular formula is C27H27N7O4S. The largest absolute Gasteiger partial charge is 0.496 e. The molecule has 12 heteroatoms. The zero-order chi connectivity index (χ0) is 27.2. The number of ether oxygens (including phenoxy) is 1. The van der Waals surface area contributed by atoms with Gasteiger partial charge in [0, 0.05) is 30.5 Å². The van der Waals surface area contributed by atoms with E-state index in [4.69, 9.17) is 4.74 Å². The molecule has 0 bridgehead atoms. The quantitative estimate of drug-likeness (QED) is 0.270. The third-order valence-electron chi connectivity index (χ3n) is 6.42. The SMILES string of the molecule is COc1ccccc1C(=O)NNC(=O)c1csc(C2CCN(C(=O)Nc3cc(-c4ccccc4)[nH]n3)CC2)n1. The topological polar surface area (TPSA) is 141 Å². The van der Waals surface area contributed by atoms with Gasteiger partial charge in [0.1, 0.15) is 11.4 Å². The second-order valence-corrected chi connectivity index (χ2v) is 9.79. The Labute approximate surface area is 228 Å². The molecule has 39 heavy (non-hydrogen) atoms. The fraction of sp³-hybridized carbons (Fsp3) is 0.222. The van der Waals surface area contributed by atoms with Crippen molar-refractivity contribution in [2.45, 2.75) is 18.8 Å². The van der Waals surface area contributed by atoms with Crippen LogP contribution in [0, 0.1) is 0 Å². The van der Waals surface area contributed by atoms with E-state index in [2.05, 4.69) is 31.3 Å². The van der Waals surface area contributed by atoms with Crippen molar-refractivity contribution >= 4 is 35.0 Å². The van der Waals surface area contributed by atoms with Crippen molar-refractivity contribution in [3.63, 3.8) is 0 Å². The number of methoxy groups -OCH3 is 1. The number of amides is 4. The van der Waals surface area contributed by atoms with E-state index in [0.29, 0.717) is 30.2 Å². The Kier molecular flexibility index (Phi) is 7.83. The number of carbonyl (C=O) groups is 3. The number of hydrogen-bond donors (Lipinski definition) is 4. The molecule has 5 rings (SSSR count). The zero-order valence-corrected chi connectivity index (χ0v) is 22.0. The summed E-state index contributed by atoms with van der Waals surface area (Å²) in [6.45, 7) is 1.12. The van der Waals surface area contributed by atoms with E-state index >= 15 is 0 Å². The summed E-state index contributed by atoms with van der Waals surface area (Å²) in [4.78, 5) is 44.0. The molecule has 4 amide bonds. The van der Waals surface area contributed by atoms with E-state index in [1.165, 1.54) is 18.4 Å². The van der Waals surface area contributed by atoms with Crippen LogP contribution in [0.1, 0.15) is 44.6 Å². The number of piperidine rings is 1. The first-order chi connectivity index (χ1) is 19.0. The zero-order valence-electron chi connectivity index (χ0n) is 21.1. The van der Waals surface area contributed by atoms with Crippen molar-refractivity contribution in [3.8, 4) is 17.0 Å². The molecule has 0 unspecified atom stereocenters. The van der Waals surface area contributed by atoms with Gasteiger partial charge in [0.25, 0.3) is 11.8 Å². The first-order valence-electron chi connectivity index (χ1n) is 12.4. The summed E-state index contributed by atoms with van der Waals surface area (Å²) in [5.41, 5.74) is 7.14. The molecule has 2 aromatic heterocycles. The molecular weight excluding hydrogens is 518 g/mol. The van der Waals surface area contributed by atoms with E-state index in [-0.39, 0.29) is 17.6 Å². The van der Waals surface area contributed by atoms with Gasteiger partial charge < -0.3 is 9.64 Å². The number of benzene rings is 2. The van der Waals surface area contributed by atoms with Gasteiger partial charge in [0.05, 0.1) is 23.4 Å². The minimum Gasteiger partial charge on any atom is -0.496 e. The third-order valence-corrected chi connectivity index (χ3v) is 7.43. The number of para-hydroxylation sites is 1. The first-order valence-corrected chi connectivity index (χ1v) is 13.3. The molecule has 11 nitrogen and oxygen atoms in total. The van der Waals surface area contributed by atoms with Crippen LogP contribution in [-0.2, 0) is 0 Å². The lowest BCUT2D eigenvalue weighted by Crippen LogP contribution is -2.42. The Morgan fingerprint density at radius 1 is 1.00 bits per heavy atom. The van der Waals surface area contributed by atoms with Gasteiger partial charge in [-0.25, -0.2) is 9.78 Å². The Morgan fingerprint density at radius 2 is 1.72 bits per heavy atom. The summed E-state index contributed by atoms with van der Waals surface area (Å²) in [5, 5.41) is 12.5. The van der Waals surface area contributed by atoms with Gasteiger partial charge in [-0.15, -0.1) is 11.3 Å². The lowest BCUT2D eigenvalue weighted by Gasteiger charge is -2.30. The Hall–Kier alpha value is -4.71. The number of nitrogens with zero attached hydrogens (tertiary/aromatic N) is 3. The number of hydrogen-bond acceptors (Lipinski definition) is 7. The van der Waals surface area contributed by atoms with E-state index < -0.39 is 11.8 Å². The van der Waals surface area contributed by atoms with Crippen molar-refractivity contribution in [1.82, 2.24) is 30.9 Å². The molecule has 2 aromatic carbocycles.